The highest BCUT2D eigenvalue weighted by Crippen LogP contribution is 2.60. The average molecular weight is 271 g/mol. The molecule has 1 aromatic rings. The van der Waals surface area contributed by atoms with Crippen LogP contribution in [0.1, 0.15) is 54.8 Å². The Kier molecular flexibility index (Phi) is 2.63. The van der Waals surface area contributed by atoms with Gasteiger partial charge in [-0.1, -0.05) is 0 Å². The van der Waals surface area contributed by atoms with Crippen molar-refractivity contribution in [2.75, 3.05) is 0 Å². The van der Waals surface area contributed by atoms with Gasteiger partial charge < -0.3 is 5.73 Å². The first-order chi connectivity index (χ1) is 9.62. The molecule has 0 atom stereocenters. The zero-order chi connectivity index (χ0) is 13.7. The van der Waals surface area contributed by atoms with Crippen LogP contribution >= 0.6 is 0 Å². The van der Waals surface area contributed by atoms with Crippen molar-refractivity contribution in [3.05, 3.63) is 23.8 Å². The first kappa shape index (κ1) is 12.3. The SMILES string of the molecule is NC(=O)c1ccnc(CC23CC4CC(CC(C4)C2)C3)n1. The molecule has 4 fully saturated rings. The summed E-state index contributed by atoms with van der Waals surface area (Å²) in [5, 5.41) is 0. The normalized spacial score (nSPS) is 38.1. The number of carbonyl (C=O) groups excluding carboxylic acids is 1. The van der Waals surface area contributed by atoms with Crippen LogP contribution in [0.2, 0.25) is 0 Å². The summed E-state index contributed by atoms with van der Waals surface area (Å²) in [5.74, 6) is 3.14. The minimum atomic E-state index is -0.459. The maximum absolute atomic E-state index is 11.2. The van der Waals surface area contributed by atoms with Crippen LogP contribution in [0.5, 0.6) is 0 Å². The molecule has 106 valence electrons. The number of nitrogens with zero attached hydrogens (tertiary/aromatic N) is 2. The minimum Gasteiger partial charge on any atom is -0.364 e. The zero-order valence-corrected chi connectivity index (χ0v) is 11.7. The lowest BCUT2D eigenvalue weighted by Gasteiger charge is -2.56. The van der Waals surface area contributed by atoms with Crippen molar-refractivity contribution in [1.82, 2.24) is 9.97 Å². The van der Waals surface area contributed by atoms with E-state index in [1.54, 1.807) is 12.3 Å². The molecule has 1 amide bonds. The number of hydrogen-bond donors (Lipinski definition) is 1. The fraction of sp³-hybridized carbons (Fsp3) is 0.688. The monoisotopic (exact) mass is 271 g/mol. The second-order valence-corrected chi connectivity index (χ2v) is 7.32. The van der Waals surface area contributed by atoms with E-state index in [1.807, 2.05) is 0 Å². The molecule has 0 unspecified atom stereocenters. The first-order valence-corrected chi connectivity index (χ1v) is 7.74. The number of nitrogens with two attached hydrogens (primary N) is 1. The quantitative estimate of drug-likeness (QED) is 0.917. The first-order valence-electron chi connectivity index (χ1n) is 7.74. The van der Waals surface area contributed by atoms with E-state index in [0.717, 1.165) is 30.0 Å². The molecule has 20 heavy (non-hydrogen) atoms. The Hall–Kier alpha value is -1.45. The molecule has 0 spiro atoms. The smallest absolute Gasteiger partial charge is 0.267 e. The predicted molar refractivity (Wildman–Crippen MR) is 74.9 cm³/mol. The number of hydrogen-bond acceptors (Lipinski definition) is 3. The summed E-state index contributed by atoms with van der Waals surface area (Å²) < 4.78 is 0. The van der Waals surface area contributed by atoms with Gasteiger partial charge >= 0.3 is 0 Å². The predicted octanol–water partition coefficient (Wildman–Crippen LogP) is 2.33. The van der Waals surface area contributed by atoms with Gasteiger partial charge in [-0.05, 0) is 67.8 Å². The largest absolute Gasteiger partial charge is 0.364 e. The Morgan fingerprint density at radius 3 is 2.35 bits per heavy atom. The lowest BCUT2D eigenvalue weighted by molar-refractivity contribution is -0.0531. The lowest BCUT2D eigenvalue weighted by atomic mass is 9.49. The van der Waals surface area contributed by atoms with Gasteiger partial charge in [0, 0.05) is 12.6 Å². The van der Waals surface area contributed by atoms with E-state index in [-0.39, 0.29) is 0 Å². The fourth-order valence-electron chi connectivity index (χ4n) is 5.46. The molecule has 4 aliphatic carbocycles. The standard InChI is InChI=1S/C16H21N3O/c17-15(20)13-1-2-18-14(19-13)9-16-6-10-3-11(7-16)5-12(4-10)8-16/h1-2,10-12H,3-9H2,(H2,17,20). The maximum atomic E-state index is 11.2. The highest BCUT2D eigenvalue weighted by molar-refractivity contribution is 5.90. The highest BCUT2D eigenvalue weighted by Gasteiger charge is 2.50. The summed E-state index contributed by atoms with van der Waals surface area (Å²) in [7, 11) is 0. The van der Waals surface area contributed by atoms with Gasteiger partial charge in [-0.2, -0.15) is 0 Å². The fourth-order valence-corrected chi connectivity index (χ4v) is 5.46. The number of carbonyl (C=O) groups is 1. The van der Waals surface area contributed by atoms with Crippen molar-refractivity contribution >= 4 is 5.91 Å². The van der Waals surface area contributed by atoms with E-state index < -0.39 is 5.91 Å². The Bertz CT molecular complexity index is 519. The highest BCUT2D eigenvalue weighted by atomic mass is 16.1. The lowest BCUT2D eigenvalue weighted by Crippen LogP contribution is -2.47. The Morgan fingerprint density at radius 1 is 1.20 bits per heavy atom. The topological polar surface area (TPSA) is 68.9 Å². The summed E-state index contributed by atoms with van der Waals surface area (Å²) in [6.07, 6.45) is 10.9. The van der Waals surface area contributed by atoms with Gasteiger partial charge in [0.05, 0.1) is 0 Å². The van der Waals surface area contributed by atoms with Gasteiger partial charge in [-0.15, -0.1) is 0 Å². The molecule has 5 rings (SSSR count). The van der Waals surface area contributed by atoms with E-state index >= 15 is 0 Å². The van der Waals surface area contributed by atoms with Crippen LogP contribution in [0.4, 0.5) is 0 Å². The van der Waals surface area contributed by atoms with E-state index in [4.69, 9.17) is 5.73 Å². The molecule has 0 aromatic carbocycles. The molecular weight excluding hydrogens is 250 g/mol. The van der Waals surface area contributed by atoms with Gasteiger partial charge in [-0.3, -0.25) is 4.79 Å². The molecule has 0 radical (unpaired) electrons. The van der Waals surface area contributed by atoms with Crippen molar-refractivity contribution in [3.63, 3.8) is 0 Å². The number of rotatable bonds is 3. The number of amides is 1. The Balaban J connectivity index is 1.59. The Morgan fingerprint density at radius 2 is 1.80 bits per heavy atom. The van der Waals surface area contributed by atoms with Crippen molar-refractivity contribution < 1.29 is 4.79 Å². The third-order valence-electron chi connectivity index (χ3n) is 5.66. The van der Waals surface area contributed by atoms with Crippen LogP contribution in [0.15, 0.2) is 12.3 Å². The second-order valence-electron chi connectivity index (χ2n) is 7.32. The molecule has 4 saturated carbocycles. The molecule has 0 aliphatic heterocycles. The van der Waals surface area contributed by atoms with Gasteiger partial charge in [-0.25, -0.2) is 9.97 Å². The number of aromatic nitrogens is 2. The third kappa shape index (κ3) is 2.02. The minimum absolute atomic E-state index is 0.347. The maximum Gasteiger partial charge on any atom is 0.267 e. The average Bonchev–Trinajstić information content (AvgIpc) is 2.36. The molecule has 0 saturated heterocycles. The molecule has 4 heteroatoms. The van der Waals surface area contributed by atoms with Crippen LogP contribution in [0, 0.1) is 23.2 Å². The van der Waals surface area contributed by atoms with E-state index in [9.17, 15) is 4.79 Å². The van der Waals surface area contributed by atoms with Crippen LogP contribution in [0.3, 0.4) is 0 Å². The van der Waals surface area contributed by atoms with E-state index in [2.05, 4.69) is 9.97 Å². The molecular formula is C16H21N3O. The van der Waals surface area contributed by atoms with Gasteiger partial charge in [0.15, 0.2) is 0 Å². The van der Waals surface area contributed by atoms with Crippen molar-refractivity contribution in [3.8, 4) is 0 Å². The third-order valence-corrected chi connectivity index (χ3v) is 5.66. The van der Waals surface area contributed by atoms with Crippen LogP contribution in [0.25, 0.3) is 0 Å². The van der Waals surface area contributed by atoms with E-state index in [0.29, 0.717) is 11.1 Å². The Labute approximate surface area is 119 Å². The summed E-state index contributed by atoms with van der Waals surface area (Å²) in [5.41, 5.74) is 6.07. The molecule has 4 aliphatic rings. The summed E-state index contributed by atoms with van der Waals surface area (Å²) in [4.78, 5) is 20.0. The van der Waals surface area contributed by atoms with Gasteiger partial charge in [0.1, 0.15) is 11.5 Å². The van der Waals surface area contributed by atoms with Crippen molar-refractivity contribution in [1.29, 1.82) is 0 Å². The van der Waals surface area contributed by atoms with E-state index in [1.165, 1.54) is 38.5 Å². The van der Waals surface area contributed by atoms with Crippen LogP contribution < -0.4 is 5.73 Å². The van der Waals surface area contributed by atoms with Crippen molar-refractivity contribution in [2.45, 2.75) is 44.9 Å². The number of primary amides is 1. The summed E-state index contributed by atoms with van der Waals surface area (Å²) >= 11 is 0. The summed E-state index contributed by atoms with van der Waals surface area (Å²) in [6.45, 7) is 0. The molecule has 1 aromatic heterocycles. The van der Waals surface area contributed by atoms with Crippen LogP contribution in [-0.4, -0.2) is 15.9 Å². The van der Waals surface area contributed by atoms with Gasteiger partial charge in [0.25, 0.3) is 5.91 Å². The molecule has 2 N–H and O–H groups in total. The summed E-state index contributed by atoms with van der Waals surface area (Å²) in [6, 6.07) is 1.60. The molecule has 4 nitrogen and oxygen atoms in total. The molecule has 4 bridgehead atoms. The molecule has 1 heterocycles. The van der Waals surface area contributed by atoms with Gasteiger partial charge in [0.2, 0.25) is 0 Å². The second kappa shape index (κ2) is 4.27. The zero-order valence-electron chi connectivity index (χ0n) is 11.7. The van der Waals surface area contributed by atoms with Crippen molar-refractivity contribution in [2.24, 2.45) is 28.9 Å². The van der Waals surface area contributed by atoms with Crippen LogP contribution in [-0.2, 0) is 6.42 Å².